The molecule has 23 heavy (non-hydrogen) atoms. The van der Waals surface area contributed by atoms with Crippen LogP contribution in [0.1, 0.15) is 18.4 Å². The predicted octanol–water partition coefficient (Wildman–Crippen LogP) is 1.39. The monoisotopic (exact) mass is 317 g/mol. The zero-order chi connectivity index (χ0) is 16.4. The maximum absolute atomic E-state index is 12.4. The number of ether oxygens (including phenoxy) is 1. The molecule has 2 saturated heterocycles. The molecule has 1 atom stereocenters. The first-order chi connectivity index (χ1) is 11.0. The standard InChI is InChI=1S/C17H23N3O3/c1-12-3-5-13(6-4-12)23-14-7-9-20(10-8-14)16(21)15-11-19(2)17(22)18-15/h3-6,14-15H,7-11H2,1-2H3,(H,18,22)/t15-/m1/s1. The third-order valence-electron chi connectivity index (χ3n) is 4.48. The van der Waals surface area contributed by atoms with Crippen molar-refractivity contribution in [2.45, 2.75) is 31.9 Å². The number of carbonyl (C=O) groups excluding carboxylic acids is 2. The zero-order valence-electron chi connectivity index (χ0n) is 13.6. The Labute approximate surface area is 136 Å². The number of hydrogen-bond donors (Lipinski definition) is 1. The van der Waals surface area contributed by atoms with Gasteiger partial charge in [0, 0.05) is 33.0 Å². The molecule has 2 aliphatic heterocycles. The molecule has 6 heteroatoms. The molecule has 2 aliphatic rings. The highest BCUT2D eigenvalue weighted by Crippen LogP contribution is 2.20. The number of nitrogens with zero attached hydrogens (tertiary/aromatic N) is 2. The molecule has 0 spiro atoms. The minimum Gasteiger partial charge on any atom is -0.490 e. The molecule has 0 saturated carbocycles. The average molecular weight is 317 g/mol. The van der Waals surface area contributed by atoms with E-state index in [1.807, 2.05) is 36.1 Å². The first-order valence-corrected chi connectivity index (χ1v) is 8.06. The van der Waals surface area contributed by atoms with Crippen molar-refractivity contribution >= 4 is 11.9 Å². The molecule has 3 rings (SSSR count). The molecular formula is C17H23N3O3. The largest absolute Gasteiger partial charge is 0.490 e. The summed E-state index contributed by atoms with van der Waals surface area (Å²) in [5, 5.41) is 2.72. The van der Waals surface area contributed by atoms with E-state index in [2.05, 4.69) is 5.32 Å². The van der Waals surface area contributed by atoms with Crippen LogP contribution in [0, 0.1) is 6.92 Å². The van der Waals surface area contributed by atoms with Crippen molar-refractivity contribution in [2.24, 2.45) is 0 Å². The maximum atomic E-state index is 12.4. The van der Waals surface area contributed by atoms with E-state index in [0.29, 0.717) is 19.6 Å². The number of aryl methyl sites for hydroxylation is 1. The molecule has 124 valence electrons. The predicted molar refractivity (Wildman–Crippen MR) is 86.4 cm³/mol. The Kier molecular flexibility index (Phi) is 4.41. The number of piperidine rings is 1. The Hall–Kier alpha value is -2.24. The van der Waals surface area contributed by atoms with Crippen LogP contribution in [0.15, 0.2) is 24.3 Å². The number of benzene rings is 1. The molecule has 6 nitrogen and oxygen atoms in total. The van der Waals surface area contributed by atoms with Gasteiger partial charge in [-0.1, -0.05) is 17.7 Å². The first-order valence-electron chi connectivity index (χ1n) is 8.06. The third kappa shape index (κ3) is 3.57. The summed E-state index contributed by atoms with van der Waals surface area (Å²) in [6, 6.07) is 7.44. The Bertz CT molecular complexity index is 579. The van der Waals surface area contributed by atoms with Crippen molar-refractivity contribution in [2.75, 3.05) is 26.7 Å². The summed E-state index contributed by atoms with van der Waals surface area (Å²) in [7, 11) is 1.70. The Morgan fingerprint density at radius 3 is 2.43 bits per heavy atom. The third-order valence-corrected chi connectivity index (χ3v) is 4.48. The van der Waals surface area contributed by atoms with Crippen LogP contribution in [0.5, 0.6) is 5.75 Å². The molecule has 0 radical (unpaired) electrons. The van der Waals surface area contributed by atoms with E-state index in [0.717, 1.165) is 18.6 Å². The molecule has 0 bridgehead atoms. The molecule has 1 aromatic carbocycles. The summed E-state index contributed by atoms with van der Waals surface area (Å²) in [5.74, 6) is 0.890. The molecule has 1 aromatic rings. The number of rotatable bonds is 3. The van der Waals surface area contributed by atoms with E-state index >= 15 is 0 Å². The molecule has 2 fully saturated rings. The van der Waals surface area contributed by atoms with Crippen LogP contribution in [-0.2, 0) is 4.79 Å². The van der Waals surface area contributed by atoms with Crippen molar-refractivity contribution in [3.8, 4) is 5.75 Å². The Morgan fingerprint density at radius 2 is 1.87 bits per heavy atom. The second-order valence-electron chi connectivity index (χ2n) is 6.34. The van der Waals surface area contributed by atoms with E-state index in [1.165, 1.54) is 10.5 Å². The SMILES string of the molecule is Cc1ccc(OC2CCN(C(=O)[C@H]3CN(C)C(=O)N3)CC2)cc1. The smallest absolute Gasteiger partial charge is 0.317 e. The highest BCUT2D eigenvalue weighted by molar-refractivity contribution is 5.90. The molecular weight excluding hydrogens is 294 g/mol. The number of carbonyl (C=O) groups is 2. The lowest BCUT2D eigenvalue weighted by Crippen LogP contribution is -2.49. The summed E-state index contributed by atoms with van der Waals surface area (Å²) >= 11 is 0. The maximum Gasteiger partial charge on any atom is 0.317 e. The van der Waals surface area contributed by atoms with E-state index in [1.54, 1.807) is 7.05 Å². The zero-order valence-corrected chi connectivity index (χ0v) is 13.6. The van der Waals surface area contributed by atoms with Crippen LogP contribution in [0.3, 0.4) is 0 Å². The van der Waals surface area contributed by atoms with Crippen molar-refractivity contribution in [1.29, 1.82) is 0 Å². The van der Waals surface area contributed by atoms with Gasteiger partial charge in [-0.05, 0) is 19.1 Å². The van der Waals surface area contributed by atoms with Gasteiger partial charge in [0.2, 0.25) is 5.91 Å². The van der Waals surface area contributed by atoms with Gasteiger partial charge in [0.1, 0.15) is 17.9 Å². The van der Waals surface area contributed by atoms with Gasteiger partial charge in [-0.25, -0.2) is 4.79 Å². The normalized spacial score (nSPS) is 22.2. The lowest BCUT2D eigenvalue weighted by Gasteiger charge is -2.33. The first kappa shape index (κ1) is 15.6. The minimum atomic E-state index is -0.415. The Balaban J connectivity index is 1.49. The topological polar surface area (TPSA) is 61.9 Å². The lowest BCUT2D eigenvalue weighted by atomic mass is 10.1. The van der Waals surface area contributed by atoms with Crippen LogP contribution in [0.25, 0.3) is 0 Å². The minimum absolute atomic E-state index is 0.0106. The molecule has 0 aromatic heterocycles. The van der Waals surface area contributed by atoms with Gasteiger partial charge in [0.25, 0.3) is 0 Å². The summed E-state index contributed by atoms with van der Waals surface area (Å²) < 4.78 is 5.98. The summed E-state index contributed by atoms with van der Waals surface area (Å²) in [6.07, 6.45) is 1.77. The molecule has 0 unspecified atom stereocenters. The fourth-order valence-corrected chi connectivity index (χ4v) is 3.03. The Morgan fingerprint density at radius 1 is 1.22 bits per heavy atom. The quantitative estimate of drug-likeness (QED) is 0.916. The van der Waals surface area contributed by atoms with E-state index in [9.17, 15) is 9.59 Å². The number of urea groups is 1. The van der Waals surface area contributed by atoms with Gasteiger partial charge in [-0.3, -0.25) is 4.79 Å². The number of nitrogens with one attached hydrogen (secondary N) is 1. The molecule has 2 heterocycles. The van der Waals surface area contributed by atoms with Crippen molar-refractivity contribution in [3.05, 3.63) is 29.8 Å². The van der Waals surface area contributed by atoms with Crippen molar-refractivity contribution < 1.29 is 14.3 Å². The highest BCUT2D eigenvalue weighted by Gasteiger charge is 2.35. The van der Waals surface area contributed by atoms with Gasteiger partial charge in [-0.15, -0.1) is 0 Å². The van der Waals surface area contributed by atoms with Crippen LogP contribution < -0.4 is 10.1 Å². The summed E-state index contributed by atoms with van der Waals surface area (Å²) in [4.78, 5) is 27.3. The number of likely N-dealkylation sites (tertiary alicyclic amines) is 1. The summed E-state index contributed by atoms with van der Waals surface area (Å²) in [6.45, 7) is 3.83. The van der Waals surface area contributed by atoms with Gasteiger partial charge in [0.05, 0.1) is 6.54 Å². The van der Waals surface area contributed by atoms with Gasteiger partial charge in [-0.2, -0.15) is 0 Å². The van der Waals surface area contributed by atoms with Gasteiger partial charge < -0.3 is 19.9 Å². The second-order valence-corrected chi connectivity index (χ2v) is 6.34. The molecule has 1 N–H and O–H groups in total. The van der Waals surface area contributed by atoms with Crippen LogP contribution in [-0.4, -0.2) is 60.6 Å². The second kappa shape index (κ2) is 6.48. The van der Waals surface area contributed by atoms with Crippen molar-refractivity contribution in [3.63, 3.8) is 0 Å². The van der Waals surface area contributed by atoms with Gasteiger partial charge >= 0.3 is 6.03 Å². The fraction of sp³-hybridized carbons (Fsp3) is 0.529. The van der Waals surface area contributed by atoms with E-state index in [-0.39, 0.29) is 18.0 Å². The number of likely N-dealkylation sites (N-methyl/N-ethyl adjacent to an activating group) is 1. The van der Waals surface area contributed by atoms with Crippen molar-refractivity contribution in [1.82, 2.24) is 15.1 Å². The number of hydrogen-bond acceptors (Lipinski definition) is 3. The van der Waals surface area contributed by atoms with Crippen LogP contribution >= 0.6 is 0 Å². The molecule has 0 aliphatic carbocycles. The van der Waals surface area contributed by atoms with E-state index < -0.39 is 6.04 Å². The lowest BCUT2D eigenvalue weighted by molar-refractivity contribution is -0.134. The average Bonchev–Trinajstić information content (AvgIpc) is 2.89. The molecule has 3 amide bonds. The number of amides is 3. The van der Waals surface area contributed by atoms with E-state index in [4.69, 9.17) is 4.74 Å². The summed E-state index contributed by atoms with van der Waals surface area (Å²) in [5.41, 5.74) is 1.21. The van der Waals surface area contributed by atoms with Crippen LogP contribution in [0.4, 0.5) is 4.79 Å². The van der Waals surface area contributed by atoms with Gasteiger partial charge in [0.15, 0.2) is 0 Å². The van der Waals surface area contributed by atoms with Crippen LogP contribution in [0.2, 0.25) is 0 Å². The highest BCUT2D eigenvalue weighted by atomic mass is 16.5. The fourth-order valence-electron chi connectivity index (χ4n) is 3.03.